The van der Waals surface area contributed by atoms with Gasteiger partial charge in [0.25, 0.3) is 5.91 Å². The van der Waals surface area contributed by atoms with Gasteiger partial charge in [-0.05, 0) is 50.6 Å². The Morgan fingerprint density at radius 1 is 1.20 bits per heavy atom. The fourth-order valence-electron chi connectivity index (χ4n) is 3.81. The number of rotatable bonds is 5. The van der Waals surface area contributed by atoms with Crippen LogP contribution in [0, 0.1) is 0 Å². The van der Waals surface area contributed by atoms with Gasteiger partial charge >= 0.3 is 0 Å². The molecule has 2 aliphatic rings. The summed E-state index contributed by atoms with van der Waals surface area (Å²) in [4.78, 5) is 28.6. The highest BCUT2D eigenvalue weighted by atomic mass is 16.2. The highest BCUT2D eigenvalue weighted by Gasteiger charge is 2.29. The van der Waals surface area contributed by atoms with Crippen LogP contribution in [0.3, 0.4) is 0 Å². The van der Waals surface area contributed by atoms with Gasteiger partial charge in [-0.25, -0.2) is 0 Å². The molecule has 1 atom stereocenters. The van der Waals surface area contributed by atoms with Crippen LogP contribution in [0.4, 0.5) is 0 Å². The molecule has 1 aromatic carbocycles. The Morgan fingerprint density at radius 2 is 1.96 bits per heavy atom. The van der Waals surface area contributed by atoms with E-state index >= 15 is 0 Å². The minimum Gasteiger partial charge on any atom is -0.347 e. The molecule has 0 aromatic heterocycles. The molecule has 136 valence electrons. The number of likely N-dealkylation sites (tertiary alicyclic amines) is 2. The van der Waals surface area contributed by atoms with Crippen LogP contribution in [0.5, 0.6) is 0 Å². The molecule has 0 saturated carbocycles. The van der Waals surface area contributed by atoms with Gasteiger partial charge in [-0.1, -0.05) is 25.0 Å². The van der Waals surface area contributed by atoms with E-state index in [1.807, 2.05) is 25.1 Å². The minimum atomic E-state index is -0.0755. The number of hydrogen-bond donors (Lipinski definition) is 1. The van der Waals surface area contributed by atoms with Gasteiger partial charge in [0.15, 0.2) is 0 Å². The van der Waals surface area contributed by atoms with Crippen molar-refractivity contribution in [1.82, 2.24) is 15.1 Å². The maximum atomic E-state index is 12.5. The van der Waals surface area contributed by atoms with Gasteiger partial charge in [0.2, 0.25) is 5.91 Å². The van der Waals surface area contributed by atoms with Crippen molar-refractivity contribution in [3.05, 3.63) is 35.4 Å². The Hall–Kier alpha value is -1.88. The SMILES string of the molecule is CCN1C[C@H](NC(=O)c2cccc(CN3CCCCCC3)c2)CC1=O. The molecule has 0 aliphatic carbocycles. The largest absolute Gasteiger partial charge is 0.347 e. The summed E-state index contributed by atoms with van der Waals surface area (Å²) >= 11 is 0. The number of nitrogens with one attached hydrogen (secondary N) is 1. The highest BCUT2D eigenvalue weighted by Crippen LogP contribution is 2.15. The van der Waals surface area contributed by atoms with Crippen LogP contribution in [0.1, 0.15) is 54.9 Å². The predicted molar refractivity (Wildman–Crippen MR) is 98.3 cm³/mol. The van der Waals surface area contributed by atoms with Crippen molar-refractivity contribution < 1.29 is 9.59 Å². The maximum Gasteiger partial charge on any atom is 0.251 e. The Morgan fingerprint density at radius 3 is 2.64 bits per heavy atom. The van der Waals surface area contributed by atoms with Crippen molar-refractivity contribution in [2.24, 2.45) is 0 Å². The van der Waals surface area contributed by atoms with Crippen LogP contribution in [-0.2, 0) is 11.3 Å². The van der Waals surface area contributed by atoms with Gasteiger partial charge in [0.1, 0.15) is 0 Å². The molecule has 2 aliphatic heterocycles. The first-order chi connectivity index (χ1) is 12.2. The number of likely N-dealkylation sites (N-methyl/N-ethyl adjacent to an activating group) is 1. The van der Waals surface area contributed by atoms with E-state index in [2.05, 4.69) is 16.3 Å². The monoisotopic (exact) mass is 343 g/mol. The molecule has 2 heterocycles. The lowest BCUT2D eigenvalue weighted by molar-refractivity contribution is -0.127. The van der Waals surface area contributed by atoms with Crippen LogP contribution in [0.15, 0.2) is 24.3 Å². The molecule has 25 heavy (non-hydrogen) atoms. The molecule has 0 bridgehead atoms. The predicted octanol–water partition coefficient (Wildman–Crippen LogP) is 2.41. The van der Waals surface area contributed by atoms with Gasteiger partial charge in [-0.2, -0.15) is 0 Å². The highest BCUT2D eigenvalue weighted by molar-refractivity contribution is 5.95. The van der Waals surface area contributed by atoms with Crippen molar-refractivity contribution in [2.75, 3.05) is 26.2 Å². The van der Waals surface area contributed by atoms with Crippen LogP contribution >= 0.6 is 0 Å². The van der Waals surface area contributed by atoms with Gasteiger partial charge in [0.05, 0.1) is 6.04 Å². The molecule has 0 spiro atoms. The standard InChI is InChI=1S/C20H29N3O2/c1-2-23-15-18(13-19(23)24)21-20(25)17-9-7-8-16(12-17)14-22-10-5-3-4-6-11-22/h7-9,12,18H,2-6,10-11,13-15H2,1H3,(H,21,25)/t18-/m1/s1. The van der Waals surface area contributed by atoms with E-state index < -0.39 is 0 Å². The maximum absolute atomic E-state index is 12.5. The van der Waals surface area contributed by atoms with Crippen LogP contribution in [0.25, 0.3) is 0 Å². The van der Waals surface area contributed by atoms with E-state index in [0.717, 1.165) is 19.6 Å². The lowest BCUT2D eigenvalue weighted by Crippen LogP contribution is -2.37. The number of carbonyl (C=O) groups excluding carboxylic acids is 2. The summed E-state index contributed by atoms with van der Waals surface area (Å²) < 4.78 is 0. The number of hydrogen-bond acceptors (Lipinski definition) is 3. The molecular weight excluding hydrogens is 314 g/mol. The summed E-state index contributed by atoms with van der Waals surface area (Å²) in [5.41, 5.74) is 1.88. The first-order valence-corrected chi connectivity index (χ1v) is 9.55. The van der Waals surface area contributed by atoms with Gasteiger partial charge < -0.3 is 10.2 Å². The first kappa shape index (κ1) is 17.9. The van der Waals surface area contributed by atoms with E-state index in [1.54, 1.807) is 4.90 Å². The molecule has 3 rings (SSSR count). The normalized spacial score (nSPS) is 22.0. The topological polar surface area (TPSA) is 52.7 Å². The van der Waals surface area contributed by atoms with Crippen LogP contribution in [-0.4, -0.2) is 53.8 Å². The first-order valence-electron chi connectivity index (χ1n) is 9.55. The fourth-order valence-corrected chi connectivity index (χ4v) is 3.81. The Balaban J connectivity index is 1.58. The molecule has 1 aromatic rings. The second-order valence-corrected chi connectivity index (χ2v) is 7.20. The van der Waals surface area contributed by atoms with Crippen molar-refractivity contribution in [2.45, 2.75) is 51.6 Å². The van der Waals surface area contributed by atoms with Crippen LogP contribution < -0.4 is 5.32 Å². The zero-order chi connectivity index (χ0) is 17.6. The summed E-state index contributed by atoms with van der Waals surface area (Å²) in [6, 6.07) is 7.83. The summed E-state index contributed by atoms with van der Waals surface area (Å²) in [6.07, 6.45) is 5.60. The molecule has 2 amide bonds. The molecular formula is C20H29N3O2. The second-order valence-electron chi connectivity index (χ2n) is 7.20. The molecule has 5 heteroatoms. The van der Waals surface area contributed by atoms with E-state index in [-0.39, 0.29) is 17.9 Å². The van der Waals surface area contributed by atoms with Crippen molar-refractivity contribution in [1.29, 1.82) is 0 Å². The minimum absolute atomic E-state index is 0.0748. The van der Waals surface area contributed by atoms with Gasteiger partial charge in [-0.15, -0.1) is 0 Å². The Kier molecular flexibility index (Phi) is 6.08. The summed E-state index contributed by atoms with van der Waals surface area (Å²) in [7, 11) is 0. The van der Waals surface area contributed by atoms with Crippen LogP contribution in [0.2, 0.25) is 0 Å². The third-order valence-electron chi connectivity index (χ3n) is 5.23. The van der Waals surface area contributed by atoms with Gasteiger partial charge in [-0.3, -0.25) is 14.5 Å². The van der Waals surface area contributed by atoms with E-state index in [0.29, 0.717) is 25.1 Å². The average Bonchev–Trinajstić information content (AvgIpc) is 2.80. The molecule has 5 nitrogen and oxygen atoms in total. The summed E-state index contributed by atoms with van der Waals surface area (Å²) in [6.45, 7) is 6.49. The lowest BCUT2D eigenvalue weighted by Gasteiger charge is -2.20. The molecule has 0 radical (unpaired) electrons. The van der Waals surface area contributed by atoms with E-state index in [4.69, 9.17) is 0 Å². The molecule has 2 saturated heterocycles. The third-order valence-corrected chi connectivity index (χ3v) is 5.23. The van der Waals surface area contributed by atoms with Crippen molar-refractivity contribution >= 4 is 11.8 Å². The number of nitrogens with zero attached hydrogens (tertiary/aromatic N) is 2. The molecule has 1 N–H and O–H groups in total. The third kappa shape index (κ3) is 4.82. The number of carbonyl (C=O) groups is 2. The number of benzene rings is 1. The lowest BCUT2D eigenvalue weighted by atomic mass is 10.1. The smallest absolute Gasteiger partial charge is 0.251 e. The molecule has 2 fully saturated rings. The number of amides is 2. The molecule has 0 unspecified atom stereocenters. The van der Waals surface area contributed by atoms with Gasteiger partial charge in [0, 0.05) is 31.6 Å². The Bertz CT molecular complexity index is 609. The summed E-state index contributed by atoms with van der Waals surface area (Å²) in [5, 5.41) is 3.02. The van der Waals surface area contributed by atoms with Crippen molar-refractivity contribution in [3.8, 4) is 0 Å². The van der Waals surface area contributed by atoms with E-state index in [9.17, 15) is 9.59 Å². The second kappa shape index (κ2) is 8.48. The zero-order valence-electron chi connectivity index (χ0n) is 15.2. The average molecular weight is 343 g/mol. The fraction of sp³-hybridized carbons (Fsp3) is 0.600. The van der Waals surface area contributed by atoms with E-state index in [1.165, 1.54) is 31.2 Å². The van der Waals surface area contributed by atoms with Crippen molar-refractivity contribution in [3.63, 3.8) is 0 Å². The zero-order valence-corrected chi connectivity index (χ0v) is 15.2. The summed E-state index contributed by atoms with van der Waals surface area (Å²) in [5.74, 6) is 0.0520. The quantitative estimate of drug-likeness (QED) is 0.893. The Labute approximate surface area is 150 Å².